The molecule has 5 heteroatoms. The smallest absolute Gasteiger partial charge is 0.304 e. The summed E-state index contributed by atoms with van der Waals surface area (Å²) in [6.45, 7) is 0. The molecule has 0 fully saturated rings. The van der Waals surface area contributed by atoms with E-state index in [0.717, 1.165) is 15.5 Å². The number of fused-ring (bicyclic) bond motifs is 1. The van der Waals surface area contributed by atoms with Crippen molar-refractivity contribution in [1.29, 1.82) is 0 Å². The molecule has 0 aliphatic carbocycles. The van der Waals surface area contributed by atoms with Crippen LogP contribution in [0, 0.1) is 5.82 Å². The van der Waals surface area contributed by atoms with Gasteiger partial charge in [-0.25, -0.2) is 9.18 Å². The number of aromatic nitrogens is 2. The van der Waals surface area contributed by atoms with Gasteiger partial charge in [0.1, 0.15) is 5.82 Å². The number of benzene rings is 2. The predicted octanol–water partition coefficient (Wildman–Crippen LogP) is 3.22. The van der Waals surface area contributed by atoms with E-state index in [1.807, 2.05) is 18.2 Å². The molecule has 0 saturated heterocycles. The van der Waals surface area contributed by atoms with Gasteiger partial charge >= 0.3 is 5.69 Å². The predicted molar refractivity (Wildman–Crippen MR) is 71.6 cm³/mol. The van der Waals surface area contributed by atoms with Gasteiger partial charge in [0.2, 0.25) is 0 Å². The number of halogens is 2. The first-order chi connectivity index (χ1) is 8.66. The van der Waals surface area contributed by atoms with E-state index in [9.17, 15) is 9.18 Å². The van der Waals surface area contributed by atoms with Crippen molar-refractivity contribution in [1.82, 2.24) is 9.55 Å². The van der Waals surface area contributed by atoms with Crippen molar-refractivity contribution in [2.45, 2.75) is 0 Å². The molecule has 0 aliphatic rings. The number of nitrogens with one attached hydrogen (secondary N) is 1. The fourth-order valence-corrected chi connectivity index (χ4v) is 2.40. The number of hydrogen-bond acceptors (Lipinski definition) is 1. The van der Waals surface area contributed by atoms with Gasteiger partial charge < -0.3 is 4.98 Å². The van der Waals surface area contributed by atoms with Gasteiger partial charge in [0, 0.05) is 4.47 Å². The quantitative estimate of drug-likeness (QED) is 0.736. The summed E-state index contributed by atoms with van der Waals surface area (Å²) in [5.74, 6) is -0.326. The summed E-state index contributed by atoms with van der Waals surface area (Å²) in [4.78, 5) is 14.7. The first-order valence-corrected chi connectivity index (χ1v) is 6.11. The molecule has 0 radical (unpaired) electrons. The van der Waals surface area contributed by atoms with Crippen LogP contribution in [0.5, 0.6) is 0 Å². The largest absolute Gasteiger partial charge is 0.331 e. The average molecular weight is 307 g/mol. The number of para-hydroxylation sites is 1. The van der Waals surface area contributed by atoms with E-state index in [1.54, 1.807) is 12.1 Å². The Morgan fingerprint density at radius 2 is 1.83 bits per heavy atom. The Bertz CT molecular complexity index is 774. The molecule has 0 spiro atoms. The fraction of sp³-hybridized carbons (Fsp3) is 0. The third kappa shape index (κ3) is 1.67. The van der Waals surface area contributed by atoms with Crippen molar-refractivity contribution in [2.75, 3.05) is 0 Å². The second-order valence-electron chi connectivity index (χ2n) is 3.88. The van der Waals surface area contributed by atoms with Crippen molar-refractivity contribution in [2.24, 2.45) is 0 Å². The van der Waals surface area contributed by atoms with Crippen LogP contribution in [0.15, 0.2) is 51.7 Å². The van der Waals surface area contributed by atoms with Crippen LogP contribution < -0.4 is 5.69 Å². The van der Waals surface area contributed by atoms with Gasteiger partial charge in [-0.1, -0.05) is 6.07 Å². The van der Waals surface area contributed by atoms with Crippen LogP contribution in [0.2, 0.25) is 0 Å². The first kappa shape index (κ1) is 11.2. The van der Waals surface area contributed by atoms with Crippen molar-refractivity contribution < 1.29 is 4.39 Å². The van der Waals surface area contributed by atoms with Gasteiger partial charge in [-0.2, -0.15) is 0 Å². The Balaban J connectivity index is 2.35. The summed E-state index contributed by atoms with van der Waals surface area (Å²) < 4.78 is 15.2. The standard InChI is InChI=1S/C13H8BrFN2O/c14-10-2-1-3-11-12(10)16-13(18)17(11)9-6-4-8(15)5-7-9/h1-7H,(H,16,18). The number of rotatable bonds is 1. The number of imidazole rings is 1. The Morgan fingerprint density at radius 1 is 1.11 bits per heavy atom. The van der Waals surface area contributed by atoms with Gasteiger partial charge in [-0.3, -0.25) is 4.57 Å². The maximum absolute atomic E-state index is 12.9. The van der Waals surface area contributed by atoms with E-state index in [2.05, 4.69) is 20.9 Å². The Hall–Kier alpha value is -1.88. The lowest BCUT2D eigenvalue weighted by atomic mass is 10.3. The summed E-state index contributed by atoms with van der Waals surface area (Å²) in [6.07, 6.45) is 0. The zero-order valence-electron chi connectivity index (χ0n) is 9.15. The van der Waals surface area contributed by atoms with Crippen molar-refractivity contribution in [3.05, 3.63) is 63.2 Å². The van der Waals surface area contributed by atoms with E-state index in [1.165, 1.54) is 16.7 Å². The molecule has 3 rings (SSSR count). The van der Waals surface area contributed by atoms with Crippen molar-refractivity contribution in [3.63, 3.8) is 0 Å². The van der Waals surface area contributed by atoms with Crippen LogP contribution in [0.25, 0.3) is 16.7 Å². The molecule has 0 unspecified atom stereocenters. The number of H-pyrrole nitrogens is 1. The molecule has 1 heterocycles. The molecule has 0 bridgehead atoms. The fourth-order valence-electron chi connectivity index (χ4n) is 1.94. The number of nitrogens with zero attached hydrogens (tertiary/aromatic N) is 1. The van der Waals surface area contributed by atoms with E-state index >= 15 is 0 Å². The first-order valence-electron chi connectivity index (χ1n) is 5.32. The van der Waals surface area contributed by atoms with Gasteiger partial charge in [0.05, 0.1) is 16.7 Å². The van der Waals surface area contributed by atoms with Crippen LogP contribution in [-0.2, 0) is 0 Å². The molecular formula is C13H8BrFN2O. The average Bonchev–Trinajstić information content (AvgIpc) is 2.69. The Kier molecular flexibility index (Phi) is 2.56. The molecule has 18 heavy (non-hydrogen) atoms. The van der Waals surface area contributed by atoms with E-state index in [0.29, 0.717) is 5.69 Å². The molecule has 1 aromatic heterocycles. The summed E-state index contributed by atoms with van der Waals surface area (Å²) in [6, 6.07) is 11.3. The maximum Gasteiger partial charge on any atom is 0.331 e. The SMILES string of the molecule is O=c1[nH]c2c(Br)cccc2n1-c1ccc(F)cc1. The number of aromatic amines is 1. The Morgan fingerprint density at radius 3 is 2.56 bits per heavy atom. The molecule has 90 valence electrons. The van der Waals surface area contributed by atoms with Gasteiger partial charge in [0.15, 0.2) is 0 Å². The minimum Gasteiger partial charge on any atom is -0.304 e. The lowest BCUT2D eigenvalue weighted by molar-refractivity contribution is 0.627. The summed E-state index contributed by atoms with van der Waals surface area (Å²) in [7, 11) is 0. The van der Waals surface area contributed by atoms with Crippen LogP contribution in [-0.4, -0.2) is 9.55 Å². The molecule has 0 atom stereocenters. The molecule has 2 aromatic carbocycles. The summed E-state index contributed by atoms with van der Waals surface area (Å²) in [5, 5.41) is 0. The molecule has 0 amide bonds. The normalized spacial score (nSPS) is 11.0. The molecule has 0 aliphatic heterocycles. The highest BCUT2D eigenvalue weighted by Crippen LogP contribution is 2.22. The second kappa shape index (κ2) is 4.10. The lowest BCUT2D eigenvalue weighted by Crippen LogP contribution is -2.14. The highest BCUT2D eigenvalue weighted by Gasteiger charge is 2.10. The van der Waals surface area contributed by atoms with Crippen molar-refractivity contribution >= 4 is 27.0 Å². The summed E-state index contributed by atoms with van der Waals surface area (Å²) in [5.41, 5.74) is 1.86. The molecule has 3 aromatic rings. The van der Waals surface area contributed by atoms with Crippen LogP contribution in [0.4, 0.5) is 4.39 Å². The molecular weight excluding hydrogens is 299 g/mol. The number of hydrogen-bond donors (Lipinski definition) is 1. The highest BCUT2D eigenvalue weighted by atomic mass is 79.9. The topological polar surface area (TPSA) is 37.8 Å². The minimum atomic E-state index is -0.326. The second-order valence-corrected chi connectivity index (χ2v) is 4.73. The maximum atomic E-state index is 12.9. The van der Waals surface area contributed by atoms with Crippen molar-refractivity contribution in [3.8, 4) is 5.69 Å². The third-order valence-corrected chi connectivity index (χ3v) is 3.41. The Labute approximate surface area is 110 Å². The minimum absolute atomic E-state index is 0.247. The van der Waals surface area contributed by atoms with Crippen LogP contribution >= 0.6 is 15.9 Å². The third-order valence-electron chi connectivity index (χ3n) is 2.75. The molecule has 0 saturated carbocycles. The van der Waals surface area contributed by atoms with Gasteiger partial charge in [0.25, 0.3) is 0 Å². The summed E-state index contributed by atoms with van der Waals surface area (Å²) >= 11 is 3.39. The monoisotopic (exact) mass is 306 g/mol. The van der Waals surface area contributed by atoms with E-state index < -0.39 is 0 Å². The van der Waals surface area contributed by atoms with Gasteiger partial charge in [-0.05, 0) is 52.3 Å². The van der Waals surface area contributed by atoms with E-state index in [4.69, 9.17) is 0 Å². The van der Waals surface area contributed by atoms with Crippen LogP contribution in [0.1, 0.15) is 0 Å². The van der Waals surface area contributed by atoms with Gasteiger partial charge in [-0.15, -0.1) is 0 Å². The molecule has 1 N–H and O–H groups in total. The van der Waals surface area contributed by atoms with E-state index in [-0.39, 0.29) is 11.5 Å². The zero-order valence-corrected chi connectivity index (χ0v) is 10.7. The molecule has 3 nitrogen and oxygen atoms in total. The zero-order chi connectivity index (χ0) is 12.7. The lowest BCUT2D eigenvalue weighted by Gasteiger charge is -2.03. The highest BCUT2D eigenvalue weighted by molar-refractivity contribution is 9.10. The van der Waals surface area contributed by atoms with Crippen LogP contribution in [0.3, 0.4) is 0 Å².